The predicted molar refractivity (Wildman–Crippen MR) is 262 cm³/mol. The van der Waals surface area contributed by atoms with Crippen LogP contribution in [0.5, 0.6) is 0 Å². The fourth-order valence-electron chi connectivity index (χ4n) is 8.50. The van der Waals surface area contributed by atoms with Crippen LogP contribution in [0.25, 0.3) is 33.4 Å². The molecule has 1 heterocycles. The first-order chi connectivity index (χ1) is 32.0. The summed E-state index contributed by atoms with van der Waals surface area (Å²) in [5, 5.41) is 4.07. The van der Waals surface area contributed by atoms with Crippen LogP contribution in [-0.2, 0) is 40.3 Å². The van der Waals surface area contributed by atoms with Gasteiger partial charge in [0.25, 0.3) is 40.3 Å². The van der Waals surface area contributed by atoms with Crippen LogP contribution in [0.2, 0.25) is 0 Å². The molecular weight excluding hydrogens is 949 g/mol. The average Bonchev–Trinajstić information content (AvgIpc) is 3.28. The minimum Gasteiger partial charge on any atom is -0.456 e. The number of nitrogens with zero attached hydrogens (tertiary/aromatic N) is 1. The maximum Gasteiger partial charge on any atom is 0.295 e. The molecule has 5 N–H and O–H groups in total. The van der Waals surface area contributed by atoms with E-state index in [0.717, 1.165) is 5.56 Å². The Balaban J connectivity index is 1.32. The molecule has 1 aliphatic heterocycles. The predicted octanol–water partition coefficient (Wildman–Crippen LogP) is 10.1. The highest BCUT2D eigenvalue weighted by Crippen LogP contribution is 2.44. The van der Waals surface area contributed by atoms with Crippen LogP contribution >= 0.6 is 0 Å². The minimum atomic E-state index is -4.93. The number of hydrogen-bond donors (Lipinski definition) is 5. The molecule has 68 heavy (non-hydrogen) atoms. The van der Waals surface area contributed by atoms with E-state index in [1.54, 1.807) is 87.5 Å². The SMILES string of the molecule is Cc1cc(C)c(NS(=O)(=O)c2ccccc2)c(C)c1Nc1ccc2c(-c3ccccc3S(=O)(=O)O)c3cc/c(=N\c4c(C)c(NS(=O)(=O)c5ccccc5)c(C)c(S(=O)(=O)O)c4C)cc-3oc2c1. The molecule has 0 amide bonds. The molecule has 6 aromatic rings. The second-order valence-corrected chi connectivity index (χ2v) is 22.3. The highest BCUT2D eigenvalue weighted by atomic mass is 32.2. The fourth-order valence-corrected chi connectivity index (χ4v) is 12.6. The summed E-state index contributed by atoms with van der Waals surface area (Å²) in [6.45, 7) is 9.85. The molecule has 0 atom stereocenters. The van der Waals surface area contributed by atoms with Crippen LogP contribution in [0.1, 0.15) is 33.4 Å². The van der Waals surface area contributed by atoms with Gasteiger partial charge in [0.05, 0.1) is 32.2 Å². The Labute approximate surface area is 394 Å². The lowest BCUT2D eigenvalue weighted by molar-refractivity contribution is 0.480. The molecule has 350 valence electrons. The van der Waals surface area contributed by atoms with Crippen LogP contribution in [0.4, 0.5) is 28.4 Å². The van der Waals surface area contributed by atoms with Gasteiger partial charge in [-0.1, -0.05) is 60.7 Å². The van der Waals surface area contributed by atoms with Gasteiger partial charge in [-0.3, -0.25) is 18.5 Å². The van der Waals surface area contributed by atoms with E-state index in [0.29, 0.717) is 44.7 Å². The third kappa shape index (κ3) is 9.11. The van der Waals surface area contributed by atoms with E-state index in [1.165, 1.54) is 68.4 Å². The van der Waals surface area contributed by atoms with Crippen molar-refractivity contribution in [3.05, 3.63) is 166 Å². The molecule has 8 rings (SSSR count). The largest absolute Gasteiger partial charge is 0.456 e. The Kier molecular flexibility index (Phi) is 12.4. The molecule has 0 saturated heterocycles. The van der Waals surface area contributed by atoms with E-state index in [9.17, 15) is 42.8 Å². The van der Waals surface area contributed by atoms with Crippen LogP contribution in [-0.4, -0.2) is 42.8 Å². The Morgan fingerprint density at radius 3 is 1.69 bits per heavy atom. The first-order valence-corrected chi connectivity index (χ1v) is 26.6. The number of sulfonamides is 2. The Bertz CT molecular complexity index is 3860. The lowest BCUT2D eigenvalue weighted by atomic mass is 9.93. The number of aryl methyl sites for hydroxylation is 2. The van der Waals surface area contributed by atoms with Crippen molar-refractivity contribution < 1.29 is 47.2 Å². The van der Waals surface area contributed by atoms with Crippen molar-refractivity contribution in [1.82, 2.24) is 0 Å². The van der Waals surface area contributed by atoms with Gasteiger partial charge in [0.1, 0.15) is 21.1 Å². The molecule has 15 nitrogen and oxygen atoms in total. The number of rotatable bonds is 12. The van der Waals surface area contributed by atoms with Crippen LogP contribution < -0.4 is 20.1 Å². The standard InChI is InChI=1S/C49H44N4O11S4/c1-28-25-29(2)46(52-65(54,55)36-15-9-7-10-16-36)30(3)45(28)50-34-21-23-38-41(26-34)64-42-27-35(22-24-39(42)44(38)40-19-13-14-20-43(40)67(58,59)60)51-47-31(4)48(33(6)49(32(47)5)68(61,62)63)53-66(56,57)37-17-11-8-12-18-37/h7-27,50,52-53H,1-6H3,(H,58,59,60)(H,61,62,63)/b51-35+. The van der Waals surface area contributed by atoms with Gasteiger partial charge in [-0.25, -0.2) is 21.8 Å². The van der Waals surface area contributed by atoms with Gasteiger partial charge in [-0.15, -0.1) is 0 Å². The molecule has 19 heteroatoms. The zero-order valence-corrected chi connectivity index (χ0v) is 40.5. The Hall–Kier alpha value is -6.87. The van der Waals surface area contributed by atoms with E-state index < -0.39 is 45.2 Å². The van der Waals surface area contributed by atoms with E-state index in [-0.39, 0.29) is 65.0 Å². The van der Waals surface area contributed by atoms with Gasteiger partial charge >= 0.3 is 0 Å². The topological polar surface area (TPSA) is 239 Å². The van der Waals surface area contributed by atoms with Crippen molar-refractivity contribution in [2.24, 2.45) is 4.99 Å². The van der Waals surface area contributed by atoms with Gasteiger partial charge in [-0.2, -0.15) is 16.8 Å². The first kappa shape index (κ1) is 47.6. The summed E-state index contributed by atoms with van der Waals surface area (Å²) in [6.07, 6.45) is 0. The third-order valence-electron chi connectivity index (χ3n) is 11.6. The number of nitrogens with one attached hydrogen (secondary N) is 3. The fraction of sp³-hybridized carbons (Fsp3) is 0.122. The van der Waals surface area contributed by atoms with Crippen molar-refractivity contribution in [1.29, 1.82) is 0 Å². The third-order valence-corrected chi connectivity index (χ3v) is 16.4. The second-order valence-electron chi connectivity index (χ2n) is 16.2. The molecule has 1 aliphatic carbocycles. The number of benzene rings is 7. The lowest BCUT2D eigenvalue weighted by Crippen LogP contribution is -2.17. The van der Waals surface area contributed by atoms with E-state index in [1.807, 2.05) is 13.0 Å². The Morgan fingerprint density at radius 1 is 0.515 bits per heavy atom. The number of hydrogen-bond acceptors (Lipinski definition) is 11. The van der Waals surface area contributed by atoms with Crippen molar-refractivity contribution in [3.63, 3.8) is 0 Å². The normalized spacial score (nSPS) is 12.7. The minimum absolute atomic E-state index is 0.0341. The van der Waals surface area contributed by atoms with Crippen LogP contribution in [0.15, 0.2) is 156 Å². The molecular formula is C49H44N4O11S4. The van der Waals surface area contributed by atoms with Gasteiger partial charge in [0.15, 0.2) is 0 Å². The molecule has 0 bridgehead atoms. The summed E-state index contributed by atoms with van der Waals surface area (Å²) < 4.78 is 138. The highest BCUT2D eigenvalue weighted by molar-refractivity contribution is 7.93. The molecule has 0 fully saturated rings. The van der Waals surface area contributed by atoms with E-state index >= 15 is 0 Å². The number of fused-ring (bicyclic) bond motifs is 2. The summed E-state index contributed by atoms with van der Waals surface area (Å²) in [7, 11) is -17.9. The zero-order valence-electron chi connectivity index (χ0n) is 37.3. The quantitative estimate of drug-likeness (QED) is 0.0568. The maximum atomic E-state index is 13.5. The van der Waals surface area contributed by atoms with Gasteiger partial charge < -0.3 is 9.73 Å². The van der Waals surface area contributed by atoms with Crippen LogP contribution in [0.3, 0.4) is 0 Å². The van der Waals surface area contributed by atoms with Gasteiger partial charge in [-0.05, 0) is 130 Å². The highest BCUT2D eigenvalue weighted by Gasteiger charge is 2.29. The molecule has 0 aromatic heterocycles. The summed E-state index contributed by atoms with van der Waals surface area (Å²) in [4.78, 5) is 3.91. The Morgan fingerprint density at radius 2 is 1.09 bits per heavy atom. The second kappa shape index (κ2) is 17.7. The molecule has 2 aliphatic rings. The van der Waals surface area contributed by atoms with Crippen molar-refractivity contribution in [3.8, 4) is 22.5 Å². The monoisotopic (exact) mass is 992 g/mol. The average molecular weight is 993 g/mol. The van der Waals surface area contributed by atoms with Gasteiger partial charge in [0.2, 0.25) is 0 Å². The van der Waals surface area contributed by atoms with E-state index in [2.05, 4.69) is 14.8 Å². The molecule has 0 saturated carbocycles. The summed E-state index contributed by atoms with van der Waals surface area (Å²) in [5.41, 5.74) is 4.99. The van der Waals surface area contributed by atoms with E-state index in [4.69, 9.17) is 9.41 Å². The molecule has 6 aromatic carbocycles. The lowest BCUT2D eigenvalue weighted by Gasteiger charge is -2.21. The number of anilines is 4. The smallest absolute Gasteiger partial charge is 0.295 e. The summed E-state index contributed by atoms with van der Waals surface area (Å²) in [6, 6.07) is 33.1. The molecule has 0 unspecified atom stereocenters. The first-order valence-electron chi connectivity index (χ1n) is 20.7. The maximum absolute atomic E-state index is 13.5. The molecule has 0 radical (unpaired) electrons. The summed E-state index contributed by atoms with van der Waals surface area (Å²) >= 11 is 0. The zero-order chi connectivity index (χ0) is 49.1. The van der Waals surface area contributed by atoms with Crippen molar-refractivity contribution >= 4 is 79.7 Å². The summed E-state index contributed by atoms with van der Waals surface area (Å²) in [5.74, 6) is 0.179. The van der Waals surface area contributed by atoms with Crippen molar-refractivity contribution in [2.45, 2.75) is 61.1 Å². The van der Waals surface area contributed by atoms with Crippen LogP contribution in [0, 0.1) is 41.5 Å². The molecule has 0 spiro atoms. The van der Waals surface area contributed by atoms with Gasteiger partial charge in [0, 0.05) is 45.6 Å². The van der Waals surface area contributed by atoms with Crippen molar-refractivity contribution in [2.75, 3.05) is 14.8 Å².